The van der Waals surface area contributed by atoms with Crippen molar-refractivity contribution in [2.45, 2.75) is 39.0 Å². The van der Waals surface area contributed by atoms with E-state index in [0.717, 1.165) is 16.5 Å². The second kappa shape index (κ2) is 5.95. The monoisotopic (exact) mass is 299 g/mol. The first-order valence-corrected chi connectivity index (χ1v) is 7.81. The molecule has 0 radical (unpaired) electrons. The number of hydrogen-bond donors (Lipinski definition) is 0. The lowest BCUT2D eigenvalue weighted by Gasteiger charge is -2.26. The van der Waals surface area contributed by atoms with E-state index in [0.29, 0.717) is 24.0 Å². The van der Waals surface area contributed by atoms with E-state index in [1.165, 1.54) is 31.9 Å². The van der Waals surface area contributed by atoms with Gasteiger partial charge < -0.3 is 9.47 Å². The first-order valence-electron chi connectivity index (χ1n) is 7.81. The Hall–Kier alpha value is -2.10. The molecule has 0 N–H and O–H groups in total. The third-order valence-corrected chi connectivity index (χ3v) is 4.49. The van der Waals surface area contributed by atoms with Crippen molar-refractivity contribution >= 4 is 16.9 Å². The molecule has 0 bridgehead atoms. The summed E-state index contributed by atoms with van der Waals surface area (Å²) in [4.78, 5) is 16.7. The second-order valence-electron chi connectivity index (χ2n) is 5.75. The molecular weight excluding hydrogens is 278 g/mol. The topological polar surface area (TPSA) is 48.4 Å². The zero-order valence-corrected chi connectivity index (χ0v) is 13.3. The van der Waals surface area contributed by atoms with Crippen LogP contribution in [0.25, 0.3) is 10.9 Å². The molecule has 2 aromatic rings. The van der Waals surface area contributed by atoms with Crippen LogP contribution >= 0.6 is 0 Å². The molecule has 1 aromatic heterocycles. The number of carbonyl (C=O) groups is 1. The largest absolute Gasteiger partial charge is 0.480 e. The lowest BCUT2D eigenvalue weighted by atomic mass is 9.80. The van der Waals surface area contributed by atoms with Gasteiger partial charge in [-0.25, -0.2) is 9.78 Å². The van der Waals surface area contributed by atoms with E-state index in [2.05, 4.69) is 23.2 Å². The number of nitrogens with zero attached hydrogens (tertiary/aromatic N) is 1. The number of rotatable bonds is 4. The van der Waals surface area contributed by atoms with E-state index in [1.54, 1.807) is 6.92 Å². The molecule has 0 aliphatic heterocycles. The van der Waals surface area contributed by atoms with Crippen LogP contribution < -0.4 is 4.74 Å². The van der Waals surface area contributed by atoms with Crippen molar-refractivity contribution < 1.29 is 14.3 Å². The molecule has 1 aromatic carbocycles. The Bertz CT molecular complexity index is 720. The van der Waals surface area contributed by atoms with Gasteiger partial charge in [0.1, 0.15) is 5.56 Å². The summed E-state index contributed by atoms with van der Waals surface area (Å²) < 4.78 is 10.5. The van der Waals surface area contributed by atoms with Gasteiger partial charge in [-0.3, -0.25) is 0 Å². The number of methoxy groups -OCH3 is 1. The molecule has 1 saturated carbocycles. The Balaban J connectivity index is 2.13. The Labute approximate surface area is 130 Å². The molecule has 22 heavy (non-hydrogen) atoms. The summed E-state index contributed by atoms with van der Waals surface area (Å²) in [6, 6.07) is 6.35. The molecule has 1 aliphatic carbocycles. The lowest BCUT2D eigenvalue weighted by molar-refractivity contribution is 0.0521. The highest BCUT2D eigenvalue weighted by atomic mass is 16.5. The predicted molar refractivity (Wildman–Crippen MR) is 85.6 cm³/mol. The molecule has 0 spiro atoms. The minimum atomic E-state index is -0.380. The fraction of sp³-hybridized carbons (Fsp3) is 0.444. The normalized spacial score (nSPS) is 14.7. The van der Waals surface area contributed by atoms with Gasteiger partial charge in [-0.2, -0.15) is 0 Å². The van der Waals surface area contributed by atoms with Crippen LogP contribution in [-0.2, 0) is 4.74 Å². The van der Waals surface area contributed by atoms with E-state index >= 15 is 0 Å². The van der Waals surface area contributed by atoms with Crippen LogP contribution in [0, 0.1) is 6.92 Å². The number of benzene rings is 1. The van der Waals surface area contributed by atoms with Crippen LogP contribution in [-0.4, -0.2) is 24.7 Å². The molecule has 116 valence electrons. The summed E-state index contributed by atoms with van der Waals surface area (Å²) in [7, 11) is 1.53. The fourth-order valence-corrected chi connectivity index (χ4v) is 3.01. The summed E-state index contributed by atoms with van der Waals surface area (Å²) in [6.45, 7) is 4.04. The van der Waals surface area contributed by atoms with Crippen LogP contribution in [0.2, 0.25) is 0 Å². The van der Waals surface area contributed by atoms with E-state index < -0.39 is 0 Å². The third-order valence-electron chi connectivity index (χ3n) is 4.49. The molecule has 4 heteroatoms. The summed E-state index contributed by atoms with van der Waals surface area (Å²) in [6.07, 6.45) is 3.81. The first-order chi connectivity index (χ1) is 10.7. The van der Waals surface area contributed by atoms with Crippen molar-refractivity contribution in [2.24, 2.45) is 0 Å². The molecule has 1 heterocycles. The molecule has 1 aliphatic rings. The Morgan fingerprint density at radius 2 is 2.14 bits per heavy atom. The summed E-state index contributed by atoms with van der Waals surface area (Å²) in [5.41, 5.74) is 3.50. The maximum absolute atomic E-state index is 12.2. The Morgan fingerprint density at radius 3 is 2.73 bits per heavy atom. The number of aryl methyl sites for hydroxylation is 1. The van der Waals surface area contributed by atoms with Gasteiger partial charge in [0, 0.05) is 5.39 Å². The highest BCUT2D eigenvalue weighted by molar-refractivity contribution is 5.99. The van der Waals surface area contributed by atoms with E-state index in [-0.39, 0.29) is 5.97 Å². The predicted octanol–water partition coefficient (Wildman–Crippen LogP) is 4.00. The highest BCUT2D eigenvalue weighted by Gasteiger charge is 2.23. The maximum Gasteiger partial charge on any atom is 0.343 e. The number of carbonyl (C=O) groups excluding carboxylic acids is 1. The minimum absolute atomic E-state index is 0.333. The molecule has 1 fully saturated rings. The van der Waals surface area contributed by atoms with Crippen molar-refractivity contribution in [1.29, 1.82) is 0 Å². The van der Waals surface area contributed by atoms with Gasteiger partial charge in [0.05, 0.1) is 19.2 Å². The van der Waals surface area contributed by atoms with Crippen LogP contribution in [0.5, 0.6) is 5.88 Å². The van der Waals surface area contributed by atoms with Gasteiger partial charge >= 0.3 is 5.97 Å². The third kappa shape index (κ3) is 2.43. The molecular formula is C18H21NO3. The van der Waals surface area contributed by atoms with Crippen LogP contribution in [0.3, 0.4) is 0 Å². The van der Waals surface area contributed by atoms with Crippen molar-refractivity contribution in [3.63, 3.8) is 0 Å². The minimum Gasteiger partial charge on any atom is -0.480 e. The van der Waals surface area contributed by atoms with Gasteiger partial charge in [0.25, 0.3) is 0 Å². The van der Waals surface area contributed by atoms with E-state index in [4.69, 9.17) is 9.47 Å². The average molecular weight is 299 g/mol. The first kappa shape index (κ1) is 14.8. The van der Waals surface area contributed by atoms with Gasteiger partial charge in [0.2, 0.25) is 5.88 Å². The van der Waals surface area contributed by atoms with Gasteiger partial charge in [0.15, 0.2) is 0 Å². The maximum atomic E-state index is 12.2. The van der Waals surface area contributed by atoms with Crippen molar-refractivity contribution in [3.8, 4) is 5.88 Å². The van der Waals surface area contributed by atoms with Crippen LogP contribution in [0.4, 0.5) is 0 Å². The van der Waals surface area contributed by atoms with Gasteiger partial charge in [-0.15, -0.1) is 0 Å². The summed E-state index contributed by atoms with van der Waals surface area (Å²) in [5.74, 6) is 0.616. The number of hydrogen-bond acceptors (Lipinski definition) is 4. The number of pyridine rings is 1. The number of esters is 1. The van der Waals surface area contributed by atoms with E-state index in [1.807, 2.05) is 6.92 Å². The summed E-state index contributed by atoms with van der Waals surface area (Å²) >= 11 is 0. The van der Waals surface area contributed by atoms with Crippen LogP contribution in [0.15, 0.2) is 18.2 Å². The Morgan fingerprint density at radius 1 is 1.36 bits per heavy atom. The van der Waals surface area contributed by atoms with Crippen molar-refractivity contribution in [3.05, 3.63) is 34.9 Å². The fourth-order valence-electron chi connectivity index (χ4n) is 3.01. The zero-order chi connectivity index (χ0) is 15.7. The lowest BCUT2D eigenvalue weighted by Crippen LogP contribution is -2.11. The number of ether oxygens (including phenoxy) is 2. The SMILES string of the molecule is CCOC(=O)c1c(OC)nc2cc(C3CCC3)ccc2c1C. The number of fused-ring (bicyclic) bond motifs is 1. The van der Waals surface area contributed by atoms with Crippen molar-refractivity contribution in [2.75, 3.05) is 13.7 Å². The van der Waals surface area contributed by atoms with Crippen molar-refractivity contribution in [1.82, 2.24) is 4.98 Å². The molecule has 0 atom stereocenters. The highest BCUT2D eigenvalue weighted by Crippen LogP contribution is 2.38. The second-order valence-corrected chi connectivity index (χ2v) is 5.75. The molecule has 0 saturated heterocycles. The van der Waals surface area contributed by atoms with Gasteiger partial charge in [-0.1, -0.05) is 18.6 Å². The smallest absolute Gasteiger partial charge is 0.343 e. The molecule has 0 amide bonds. The van der Waals surface area contributed by atoms with E-state index in [9.17, 15) is 4.79 Å². The molecule has 0 unspecified atom stereocenters. The Kier molecular flexibility index (Phi) is 4.01. The summed E-state index contributed by atoms with van der Waals surface area (Å²) in [5, 5.41) is 0.979. The quantitative estimate of drug-likeness (QED) is 0.801. The zero-order valence-electron chi connectivity index (χ0n) is 13.3. The molecule has 3 rings (SSSR count). The standard InChI is InChI=1S/C18H21NO3/c1-4-22-18(20)16-11(2)14-9-8-13(12-6-5-7-12)10-15(14)19-17(16)21-3/h8-10,12H,4-7H2,1-3H3. The van der Waals surface area contributed by atoms with Gasteiger partial charge in [-0.05, 0) is 49.8 Å². The van der Waals surface area contributed by atoms with Crippen LogP contribution in [0.1, 0.15) is 53.6 Å². The average Bonchev–Trinajstić information content (AvgIpc) is 2.45. The number of aromatic nitrogens is 1. The molecule has 4 nitrogen and oxygen atoms in total.